The molecule has 0 aromatic heterocycles. The van der Waals surface area contributed by atoms with E-state index in [0.717, 1.165) is 19.6 Å². The highest BCUT2D eigenvalue weighted by Gasteiger charge is 2.47. The number of rotatable bonds is 1. The van der Waals surface area contributed by atoms with Gasteiger partial charge in [-0.3, -0.25) is 0 Å². The average molecular weight is 175 g/mol. The predicted molar refractivity (Wildman–Crippen MR) is 50.5 cm³/mol. The maximum Gasteiger partial charge on any atom is 0.107 e. The lowest BCUT2D eigenvalue weighted by Gasteiger charge is -2.27. The minimum atomic E-state index is -0.00801. The first kappa shape index (κ1) is 7.54. The molecule has 1 N–H and O–H groups in total. The fourth-order valence-electron chi connectivity index (χ4n) is 2.38. The molecule has 68 valence electrons. The molecule has 0 amide bonds. The summed E-state index contributed by atoms with van der Waals surface area (Å²) < 4.78 is 5.86. The highest BCUT2D eigenvalue weighted by molar-refractivity contribution is 5.26. The standard InChI is InChI=1S/C11H13NO/c1-2-4-9(5-3-1)11-6-10(7-13-11)12-8-11/h1-5,10,12H,6-8H2/t10-,11-/m1/s1. The van der Waals surface area contributed by atoms with E-state index < -0.39 is 0 Å². The maximum atomic E-state index is 5.86. The first-order valence-corrected chi connectivity index (χ1v) is 4.82. The van der Waals surface area contributed by atoms with Crippen LogP contribution in [0.15, 0.2) is 30.3 Å². The van der Waals surface area contributed by atoms with Crippen molar-refractivity contribution >= 4 is 0 Å². The summed E-state index contributed by atoms with van der Waals surface area (Å²) in [6.45, 7) is 1.84. The first-order chi connectivity index (χ1) is 6.39. The van der Waals surface area contributed by atoms with Crippen LogP contribution in [0.2, 0.25) is 0 Å². The van der Waals surface area contributed by atoms with Crippen molar-refractivity contribution in [3.8, 4) is 0 Å². The molecule has 0 spiro atoms. The van der Waals surface area contributed by atoms with Crippen LogP contribution < -0.4 is 5.32 Å². The maximum absolute atomic E-state index is 5.86. The first-order valence-electron chi connectivity index (χ1n) is 4.82. The summed E-state index contributed by atoms with van der Waals surface area (Å²) in [5.41, 5.74) is 1.31. The van der Waals surface area contributed by atoms with Crippen molar-refractivity contribution in [3.05, 3.63) is 35.9 Å². The minimum Gasteiger partial charge on any atom is -0.367 e. The third kappa shape index (κ3) is 1.02. The van der Waals surface area contributed by atoms with Gasteiger partial charge in [0.15, 0.2) is 0 Å². The zero-order valence-electron chi connectivity index (χ0n) is 7.49. The van der Waals surface area contributed by atoms with E-state index in [2.05, 4.69) is 35.6 Å². The molecule has 1 aromatic carbocycles. The Hall–Kier alpha value is -0.860. The molecule has 0 aliphatic carbocycles. The zero-order valence-corrected chi connectivity index (χ0v) is 7.49. The van der Waals surface area contributed by atoms with Gasteiger partial charge in [0.05, 0.1) is 6.61 Å². The van der Waals surface area contributed by atoms with Crippen molar-refractivity contribution in [2.24, 2.45) is 0 Å². The second-order valence-corrected chi connectivity index (χ2v) is 3.95. The summed E-state index contributed by atoms with van der Waals surface area (Å²) in [7, 11) is 0. The summed E-state index contributed by atoms with van der Waals surface area (Å²) in [5, 5.41) is 3.47. The van der Waals surface area contributed by atoms with E-state index in [-0.39, 0.29) is 5.60 Å². The van der Waals surface area contributed by atoms with Gasteiger partial charge in [-0.2, -0.15) is 0 Å². The third-order valence-corrected chi connectivity index (χ3v) is 3.11. The van der Waals surface area contributed by atoms with E-state index >= 15 is 0 Å². The zero-order chi connectivity index (χ0) is 8.73. The lowest BCUT2D eigenvalue weighted by Crippen LogP contribution is -2.37. The number of nitrogens with one attached hydrogen (secondary N) is 1. The Labute approximate surface area is 77.9 Å². The van der Waals surface area contributed by atoms with Gasteiger partial charge < -0.3 is 10.1 Å². The molecule has 2 fully saturated rings. The SMILES string of the molecule is c1ccc([C@@]23CN[C@@H](CO2)C3)cc1. The highest BCUT2D eigenvalue weighted by Crippen LogP contribution is 2.39. The van der Waals surface area contributed by atoms with E-state index in [9.17, 15) is 0 Å². The minimum absolute atomic E-state index is 0.00801. The Kier molecular flexibility index (Phi) is 1.49. The summed E-state index contributed by atoms with van der Waals surface area (Å²) in [5.74, 6) is 0. The fraction of sp³-hybridized carbons (Fsp3) is 0.455. The lowest BCUT2D eigenvalue weighted by molar-refractivity contribution is -0.00958. The Morgan fingerprint density at radius 2 is 2.15 bits per heavy atom. The largest absolute Gasteiger partial charge is 0.367 e. The Bertz CT molecular complexity index is 301. The number of benzene rings is 1. The van der Waals surface area contributed by atoms with Crippen molar-refractivity contribution in [2.45, 2.75) is 18.1 Å². The monoisotopic (exact) mass is 175 g/mol. The topological polar surface area (TPSA) is 21.3 Å². The highest BCUT2D eigenvalue weighted by atomic mass is 16.5. The van der Waals surface area contributed by atoms with Crippen LogP contribution in [-0.2, 0) is 10.3 Å². The van der Waals surface area contributed by atoms with Crippen LogP contribution in [0.5, 0.6) is 0 Å². The second kappa shape index (κ2) is 2.56. The summed E-state index contributed by atoms with van der Waals surface area (Å²) in [4.78, 5) is 0. The van der Waals surface area contributed by atoms with Crippen molar-refractivity contribution in [3.63, 3.8) is 0 Å². The molecule has 2 heterocycles. The van der Waals surface area contributed by atoms with E-state index in [1.807, 2.05) is 0 Å². The Morgan fingerprint density at radius 3 is 2.69 bits per heavy atom. The van der Waals surface area contributed by atoms with E-state index in [0.29, 0.717) is 6.04 Å². The number of fused-ring (bicyclic) bond motifs is 2. The van der Waals surface area contributed by atoms with Gasteiger partial charge in [-0.1, -0.05) is 30.3 Å². The molecule has 2 aliphatic heterocycles. The molecule has 2 bridgehead atoms. The molecule has 0 saturated carbocycles. The molecule has 2 heteroatoms. The van der Waals surface area contributed by atoms with Gasteiger partial charge in [-0.25, -0.2) is 0 Å². The molecule has 13 heavy (non-hydrogen) atoms. The van der Waals surface area contributed by atoms with Gasteiger partial charge in [-0.05, 0) is 12.0 Å². The smallest absolute Gasteiger partial charge is 0.107 e. The lowest BCUT2D eigenvalue weighted by atomic mass is 9.93. The van der Waals surface area contributed by atoms with Crippen molar-refractivity contribution in [2.75, 3.05) is 13.2 Å². The fourth-order valence-corrected chi connectivity index (χ4v) is 2.38. The van der Waals surface area contributed by atoms with Crippen LogP contribution in [0.1, 0.15) is 12.0 Å². The van der Waals surface area contributed by atoms with E-state index in [4.69, 9.17) is 4.74 Å². The van der Waals surface area contributed by atoms with Crippen molar-refractivity contribution in [1.82, 2.24) is 5.32 Å². The van der Waals surface area contributed by atoms with Crippen LogP contribution in [-0.4, -0.2) is 19.2 Å². The van der Waals surface area contributed by atoms with Crippen LogP contribution >= 0.6 is 0 Å². The molecule has 0 radical (unpaired) electrons. The molecule has 2 atom stereocenters. The predicted octanol–water partition coefficient (Wildman–Crippen LogP) is 1.27. The Morgan fingerprint density at radius 1 is 1.31 bits per heavy atom. The summed E-state index contributed by atoms with van der Waals surface area (Å²) in [6.07, 6.45) is 1.14. The van der Waals surface area contributed by atoms with E-state index in [1.165, 1.54) is 5.56 Å². The van der Waals surface area contributed by atoms with Gasteiger partial charge in [-0.15, -0.1) is 0 Å². The van der Waals surface area contributed by atoms with Gasteiger partial charge >= 0.3 is 0 Å². The number of ether oxygens (including phenoxy) is 1. The number of morpholine rings is 1. The average Bonchev–Trinajstić information content (AvgIpc) is 2.80. The van der Waals surface area contributed by atoms with Crippen LogP contribution in [0.4, 0.5) is 0 Å². The summed E-state index contributed by atoms with van der Waals surface area (Å²) in [6, 6.07) is 11.1. The molecule has 0 unspecified atom stereocenters. The quantitative estimate of drug-likeness (QED) is 0.694. The van der Waals surface area contributed by atoms with Gasteiger partial charge in [0.25, 0.3) is 0 Å². The van der Waals surface area contributed by atoms with Crippen LogP contribution in [0.25, 0.3) is 0 Å². The third-order valence-electron chi connectivity index (χ3n) is 3.11. The molecule has 2 nitrogen and oxygen atoms in total. The molecule has 3 rings (SSSR count). The van der Waals surface area contributed by atoms with Gasteiger partial charge in [0.2, 0.25) is 0 Å². The van der Waals surface area contributed by atoms with Crippen molar-refractivity contribution in [1.29, 1.82) is 0 Å². The molecule has 2 aliphatic rings. The molecular formula is C11H13NO. The molecular weight excluding hydrogens is 162 g/mol. The summed E-state index contributed by atoms with van der Waals surface area (Å²) >= 11 is 0. The van der Waals surface area contributed by atoms with Gasteiger partial charge in [0, 0.05) is 12.6 Å². The Balaban J connectivity index is 2.00. The number of hydrogen-bond acceptors (Lipinski definition) is 2. The van der Waals surface area contributed by atoms with Crippen molar-refractivity contribution < 1.29 is 4.74 Å². The second-order valence-electron chi connectivity index (χ2n) is 3.95. The molecule has 1 aromatic rings. The molecule has 2 saturated heterocycles. The van der Waals surface area contributed by atoms with Gasteiger partial charge in [0.1, 0.15) is 5.60 Å². The van der Waals surface area contributed by atoms with Crippen LogP contribution in [0, 0.1) is 0 Å². The normalized spacial score (nSPS) is 36.8. The van der Waals surface area contributed by atoms with E-state index in [1.54, 1.807) is 0 Å². The van der Waals surface area contributed by atoms with Crippen LogP contribution in [0.3, 0.4) is 0 Å². The number of hydrogen-bond donors (Lipinski definition) is 1.